The van der Waals surface area contributed by atoms with Crippen LogP contribution in [0.5, 0.6) is 0 Å². The number of halogens is 1. The van der Waals surface area contributed by atoms with E-state index >= 15 is 0 Å². The summed E-state index contributed by atoms with van der Waals surface area (Å²) >= 11 is 6.95. The van der Waals surface area contributed by atoms with E-state index in [9.17, 15) is 13.2 Å². The molecule has 7 nitrogen and oxygen atoms in total. The Balaban J connectivity index is 1.66. The second-order valence-electron chi connectivity index (χ2n) is 5.88. The van der Waals surface area contributed by atoms with Crippen LogP contribution in [0.1, 0.15) is 11.1 Å². The number of thiophene rings is 1. The Morgan fingerprint density at radius 3 is 2.59 bits per heavy atom. The van der Waals surface area contributed by atoms with Gasteiger partial charge in [0, 0.05) is 16.3 Å². The highest BCUT2D eigenvalue weighted by Crippen LogP contribution is 2.21. The van der Waals surface area contributed by atoms with Gasteiger partial charge in [0.15, 0.2) is 15.7 Å². The van der Waals surface area contributed by atoms with Crippen molar-refractivity contribution in [1.82, 2.24) is 0 Å². The molecule has 3 rings (SSSR count). The van der Waals surface area contributed by atoms with Crippen LogP contribution in [-0.2, 0) is 20.4 Å². The number of hydrogen-bond donors (Lipinski definition) is 2. The molecule has 0 radical (unpaired) electrons. The molecule has 0 bridgehead atoms. The molecule has 29 heavy (non-hydrogen) atoms. The quantitative estimate of drug-likeness (QED) is 0.253. The first-order chi connectivity index (χ1) is 13.8. The van der Waals surface area contributed by atoms with Crippen LogP contribution in [0.15, 0.2) is 75.4 Å². The lowest BCUT2D eigenvalue weighted by molar-refractivity contribution is 0.166. The van der Waals surface area contributed by atoms with Crippen LogP contribution in [0.4, 0.5) is 10.5 Å². The molecule has 0 spiro atoms. The van der Waals surface area contributed by atoms with E-state index in [2.05, 4.69) is 10.5 Å². The number of amides is 1. The lowest BCUT2D eigenvalue weighted by Gasteiger charge is -2.06. The zero-order valence-corrected chi connectivity index (χ0v) is 17.3. The highest BCUT2D eigenvalue weighted by atomic mass is 35.5. The van der Waals surface area contributed by atoms with Crippen LogP contribution in [0, 0.1) is 0 Å². The van der Waals surface area contributed by atoms with Gasteiger partial charge >= 0.3 is 6.09 Å². The fourth-order valence-electron chi connectivity index (χ4n) is 2.37. The summed E-state index contributed by atoms with van der Waals surface area (Å²) in [5.74, 6) is -0.237. The predicted octanol–water partition coefficient (Wildman–Crippen LogP) is 4.24. The number of oxime groups is 1. The van der Waals surface area contributed by atoms with E-state index in [4.69, 9.17) is 22.2 Å². The Morgan fingerprint density at radius 2 is 1.90 bits per heavy atom. The molecule has 3 N–H and O–H groups in total. The Hall–Kier alpha value is -2.88. The van der Waals surface area contributed by atoms with Gasteiger partial charge in [-0.1, -0.05) is 41.0 Å². The Bertz CT molecular complexity index is 1130. The summed E-state index contributed by atoms with van der Waals surface area (Å²) in [5, 5.41) is 8.32. The van der Waals surface area contributed by atoms with E-state index < -0.39 is 15.9 Å². The third-order valence-electron chi connectivity index (χ3n) is 3.70. The standard InChI is InChI=1S/C19H16ClN3O4S2/c20-15-6-8-16(9-7-15)22-19(24)27-23-18(21)14-4-1-3-13(11-14)12-29(25,26)17-5-2-10-28-17/h1-11H,12H2,(H2,21,23)(H,22,24). The van der Waals surface area contributed by atoms with E-state index in [0.717, 1.165) is 11.3 Å². The molecule has 3 aromatic rings. The second-order valence-corrected chi connectivity index (χ2v) is 9.48. The van der Waals surface area contributed by atoms with Crippen LogP contribution in [0.3, 0.4) is 0 Å². The van der Waals surface area contributed by atoms with Gasteiger partial charge in [-0.15, -0.1) is 11.3 Å². The normalized spacial score (nSPS) is 11.8. The van der Waals surface area contributed by atoms with Gasteiger partial charge in [0.25, 0.3) is 0 Å². The maximum atomic E-state index is 12.4. The Morgan fingerprint density at radius 1 is 1.14 bits per heavy atom. The minimum absolute atomic E-state index is 0.0633. The highest BCUT2D eigenvalue weighted by molar-refractivity contribution is 7.92. The summed E-state index contributed by atoms with van der Waals surface area (Å²) in [6.07, 6.45) is -0.827. The monoisotopic (exact) mass is 449 g/mol. The zero-order chi connectivity index (χ0) is 20.9. The molecule has 0 unspecified atom stereocenters. The van der Waals surface area contributed by atoms with Crippen molar-refractivity contribution in [2.24, 2.45) is 10.9 Å². The third-order valence-corrected chi connectivity index (χ3v) is 7.13. The summed E-state index contributed by atoms with van der Waals surface area (Å²) < 4.78 is 25.1. The number of rotatable bonds is 6. The first-order valence-electron chi connectivity index (χ1n) is 8.26. The minimum Gasteiger partial charge on any atom is -0.380 e. The predicted molar refractivity (Wildman–Crippen MR) is 114 cm³/mol. The van der Waals surface area contributed by atoms with E-state index in [0.29, 0.717) is 26.0 Å². The number of carbonyl (C=O) groups excluding carboxylic acids is 1. The van der Waals surface area contributed by atoms with Gasteiger partial charge in [0.05, 0.1) is 5.75 Å². The lowest BCUT2D eigenvalue weighted by atomic mass is 10.1. The van der Waals surface area contributed by atoms with Gasteiger partial charge in [-0.05, 0) is 47.3 Å². The van der Waals surface area contributed by atoms with E-state index in [1.165, 1.54) is 0 Å². The van der Waals surface area contributed by atoms with Gasteiger partial charge in [0.1, 0.15) is 4.21 Å². The average molecular weight is 450 g/mol. The molecular weight excluding hydrogens is 434 g/mol. The number of anilines is 1. The molecule has 0 atom stereocenters. The first kappa shape index (κ1) is 20.8. The van der Waals surface area contributed by atoms with Crippen molar-refractivity contribution in [3.8, 4) is 0 Å². The molecule has 0 fully saturated rings. The zero-order valence-electron chi connectivity index (χ0n) is 14.9. The summed E-state index contributed by atoms with van der Waals surface area (Å²) in [6.45, 7) is 0. The fourth-order valence-corrected chi connectivity index (χ4v) is 4.92. The number of hydrogen-bond acceptors (Lipinski definition) is 6. The van der Waals surface area contributed by atoms with E-state index in [-0.39, 0.29) is 11.6 Å². The second kappa shape index (κ2) is 9.08. The number of carbonyl (C=O) groups is 1. The van der Waals surface area contributed by atoms with E-state index in [1.54, 1.807) is 66.0 Å². The van der Waals surface area contributed by atoms with Crippen LogP contribution in [0.25, 0.3) is 0 Å². The summed E-state index contributed by atoms with van der Waals surface area (Å²) in [5.41, 5.74) is 7.32. The SMILES string of the molecule is N/C(=N\OC(=O)Nc1ccc(Cl)cc1)c1cccc(CS(=O)(=O)c2cccs2)c1. The van der Waals surface area contributed by atoms with Crippen molar-refractivity contribution in [2.75, 3.05) is 5.32 Å². The van der Waals surface area contributed by atoms with Crippen molar-refractivity contribution in [2.45, 2.75) is 9.96 Å². The molecule has 10 heteroatoms. The molecule has 0 saturated carbocycles. The van der Waals surface area contributed by atoms with E-state index in [1.807, 2.05) is 0 Å². The smallest absolute Gasteiger partial charge is 0.380 e. The maximum Gasteiger partial charge on any atom is 0.437 e. The van der Waals surface area contributed by atoms with Gasteiger partial charge in [-0.2, -0.15) is 0 Å². The molecule has 150 valence electrons. The maximum absolute atomic E-state index is 12.4. The van der Waals surface area contributed by atoms with Crippen molar-refractivity contribution in [1.29, 1.82) is 0 Å². The topological polar surface area (TPSA) is 111 Å². The molecule has 2 aromatic carbocycles. The molecule has 1 heterocycles. The largest absolute Gasteiger partial charge is 0.437 e. The molecule has 0 aliphatic heterocycles. The molecule has 1 amide bonds. The van der Waals surface area contributed by atoms with Crippen molar-refractivity contribution < 1.29 is 18.0 Å². The Kier molecular flexibility index (Phi) is 6.53. The van der Waals surface area contributed by atoms with Gasteiger partial charge in [-0.25, -0.2) is 13.2 Å². The molecule has 0 aliphatic carbocycles. The molecular formula is C19H16ClN3O4S2. The number of sulfone groups is 1. The first-order valence-corrected chi connectivity index (χ1v) is 11.2. The summed E-state index contributed by atoms with van der Waals surface area (Å²) in [7, 11) is -3.44. The molecule has 1 aromatic heterocycles. The van der Waals surface area contributed by atoms with Crippen LogP contribution in [-0.4, -0.2) is 20.3 Å². The summed E-state index contributed by atoms with van der Waals surface area (Å²) in [4.78, 5) is 16.6. The Labute approximate surface area is 176 Å². The highest BCUT2D eigenvalue weighted by Gasteiger charge is 2.17. The fraction of sp³-hybridized carbons (Fsp3) is 0.0526. The third kappa shape index (κ3) is 5.80. The van der Waals surface area contributed by atoms with Crippen LogP contribution >= 0.6 is 22.9 Å². The van der Waals surface area contributed by atoms with Gasteiger partial charge in [0.2, 0.25) is 0 Å². The van der Waals surface area contributed by atoms with Crippen molar-refractivity contribution in [3.63, 3.8) is 0 Å². The number of nitrogens with zero attached hydrogens (tertiary/aromatic N) is 1. The van der Waals surface area contributed by atoms with Crippen molar-refractivity contribution >= 4 is 50.4 Å². The minimum atomic E-state index is -3.44. The lowest BCUT2D eigenvalue weighted by Crippen LogP contribution is -2.18. The van der Waals surface area contributed by atoms with Crippen LogP contribution in [0.2, 0.25) is 5.02 Å². The average Bonchev–Trinajstić information content (AvgIpc) is 3.24. The molecule has 0 saturated heterocycles. The van der Waals surface area contributed by atoms with Crippen LogP contribution < -0.4 is 11.1 Å². The number of amidine groups is 1. The summed E-state index contributed by atoms with van der Waals surface area (Å²) in [6, 6.07) is 16.3. The number of benzene rings is 2. The molecule has 0 aliphatic rings. The van der Waals surface area contributed by atoms with Gasteiger partial charge < -0.3 is 5.73 Å². The number of nitrogens with one attached hydrogen (secondary N) is 1. The van der Waals surface area contributed by atoms with Crippen molar-refractivity contribution in [3.05, 3.63) is 82.2 Å². The number of nitrogens with two attached hydrogens (primary N) is 1. The van der Waals surface area contributed by atoms with Gasteiger partial charge in [-0.3, -0.25) is 10.2 Å².